The molecule has 2 aromatic rings. The standard InChI is InChI=1S/C16H17N3O/c17-16(18-20)13-7-3-4-12(8-13)9-19-10-14-5-1-2-6-15(14)11-19/h1-8,20H,9-11H2,(H2,17,18). The first-order chi connectivity index (χ1) is 9.76. The molecule has 0 bridgehead atoms. The van der Waals surface area contributed by atoms with Gasteiger partial charge in [0.2, 0.25) is 0 Å². The highest BCUT2D eigenvalue weighted by atomic mass is 16.4. The van der Waals surface area contributed by atoms with Gasteiger partial charge in [-0.25, -0.2) is 0 Å². The fourth-order valence-corrected chi connectivity index (χ4v) is 2.66. The van der Waals surface area contributed by atoms with Gasteiger partial charge in [0, 0.05) is 25.2 Å². The maximum absolute atomic E-state index is 8.73. The van der Waals surface area contributed by atoms with Gasteiger partial charge in [-0.1, -0.05) is 47.6 Å². The van der Waals surface area contributed by atoms with Gasteiger partial charge in [0.1, 0.15) is 0 Å². The Kier molecular flexibility index (Phi) is 3.39. The van der Waals surface area contributed by atoms with Gasteiger partial charge >= 0.3 is 0 Å². The molecule has 0 atom stereocenters. The second-order valence-electron chi connectivity index (χ2n) is 5.10. The molecule has 3 N–H and O–H groups in total. The normalized spacial score (nSPS) is 15.3. The number of nitrogens with two attached hydrogens (primary N) is 1. The first kappa shape index (κ1) is 12.7. The molecule has 0 aromatic heterocycles. The Labute approximate surface area is 118 Å². The van der Waals surface area contributed by atoms with Crippen molar-refractivity contribution in [1.29, 1.82) is 0 Å². The van der Waals surface area contributed by atoms with Crippen LogP contribution in [0, 0.1) is 0 Å². The van der Waals surface area contributed by atoms with Crippen molar-refractivity contribution < 1.29 is 5.21 Å². The minimum atomic E-state index is 0.150. The lowest BCUT2D eigenvalue weighted by Gasteiger charge is -2.15. The molecule has 0 radical (unpaired) electrons. The van der Waals surface area contributed by atoms with E-state index in [2.05, 4.69) is 40.4 Å². The number of benzene rings is 2. The maximum atomic E-state index is 8.73. The summed E-state index contributed by atoms with van der Waals surface area (Å²) in [6, 6.07) is 16.4. The molecule has 20 heavy (non-hydrogen) atoms. The van der Waals surface area contributed by atoms with E-state index in [9.17, 15) is 0 Å². The van der Waals surface area contributed by atoms with E-state index in [1.165, 1.54) is 16.7 Å². The topological polar surface area (TPSA) is 61.9 Å². The second kappa shape index (κ2) is 5.35. The zero-order valence-electron chi connectivity index (χ0n) is 11.2. The fourth-order valence-electron chi connectivity index (χ4n) is 2.66. The number of fused-ring (bicyclic) bond motifs is 1. The monoisotopic (exact) mass is 267 g/mol. The van der Waals surface area contributed by atoms with Gasteiger partial charge < -0.3 is 10.9 Å². The largest absolute Gasteiger partial charge is 0.409 e. The minimum Gasteiger partial charge on any atom is -0.409 e. The van der Waals surface area contributed by atoms with E-state index in [0.29, 0.717) is 0 Å². The average Bonchev–Trinajstić information content (AvgIpc) is 2.88. The average molecular weight is 267 g/mol. The molecule has 3 rings (SSSR count). The third kappa shape index (κ3) is 2.51. The third-order valence-electron chi connectivity index (χ3n) is 3.64. The quantitative estimate of drug-likeness (QED) is 0.388. The van der Waals surface area contributed by atoms with E-state index in [-0.39, 0.29) is 5.84 Å². The number of nitrogens with zero attached hydrogens (tertiary/aromatic N) is 2. The lowest BCUT2D eigenvalue weighted by molar-refractivity contribution is 0.275. The summed E-state index contributed by atoms with van der Waals surface area (Å²) in [5, 5.41) is 11.8. The fraction of sp³-hybridized carbons (Fsp3) is 0.188. The molecule has 0 saturated carbocycles. The highest BCUT2D eigenvalue weighted by molar-refractivity contribution is 5.97. The van der Waals surface area contributed by atoms with Gasteiger partial charge in [-0.3, -0.25) is 4.90 Å². The molecule has 2 aromatic carbocycles. The van der Waals surface area contributed by atoms with Crippen molar-refractivity contribution >= 4 is 5.84 Å². The molecule has 1 aliphatic rings. The molecule has 1 heterocycles. The molecule has 0 unspecified atom stereocenters. The summed E-state index contributed by atoms with van der Waals surface area (Å²) in [5.41, 5.74) is 10.4. The molecule has 102 valence electrons. The number of hydrogen-bond acceptors (Lipinski definition) is 3. The summed E-state index contributed by atoms with van der Waals surface area (Å²) >= 11 is 0. The van der Waals surface area contributed by atoms with E-state index < -0.39 is 0 Å². The van der Waals surface area contributed by atoms with Crippen molar-refractivity contribution in [2.75, 3.05) is 0 Å². The summed E-state index contributed by atoms with van der Waals surface area (Å²) in [4.78, 5) is 2.38. The molecule has 1 aliphatic heterocycles. The molecular weight excluding hydrogens is 250 g/mol. The van der Waals surface area contributed by atoms with Crippen LogP contribution in [-0.4, -0.2) is 15.9 Å². The Hall–Kier alpha value is -2.33. The number of oxime groups is 1. The van der Waals surface area contributed by atoms with Crippen LogP contribution in [0.3, 0.4) is 0 Å². The lowest BCUT2D eigenvalue weighted by atomic mass is 10.1. The number of rotatable bonds is 3. The second-order valence-corrected chi connectivity index (χ2v) is 5.10. The third-order valence-corrected chi connectivity index (χ3v) is 3.64. The zero-order chi connectivity index (χ0) is 13.9. The van der Waals surface area contributed by atoms with E-state index in [4.69, 9.17) is 10.9 Å². The van der Waals surface area contributed by atoms with Gasteiger partial charge in [0.15, 0.2) is 5.84 Å². The first-order valence-corrected chi connectivity index (χ1v) is 6.62. The van der Waals surface area contributed by atoms with Crippen LogP contribution < -0.4 is 5.73 Å². The van der Waals surface area contributed by atoms with Crippen LogP contribution in [0.2, 0.25) is 0 Å². The number of amidine groups is 1. The summed E-state index contributed by atoms with van der Waals surface area (Å²) in [5.74, 6) is 0.150. The summed E-state index contributed by atoms with van der Waals surface area (Å²) in [7, 11) is 0. The highest BCUT2D eigenvalue weighted by Gasteiger charge is 2.18. The van der Waals surface area contributed by atoms with E-state index in [0.717, 1.165) is 25.2 Å². The Morgan fingerprint density at radius 2 is 1.80 bits per heavy atom. The Morgan fingerprint density at radius 1 is 1.10 bits per heavy atom. The predicted octanol–water partition coefficient (Wildman–Crippen LogP) is 2.30. The van der Waals surface area contributed by atoms with Gasteiger partial charge in [0.25, 0.3) is 0 Å². The van der Waals surface area contributed by atoms with Crippen molar-refractivity contribution in [3.05, 3.63) is 70.8 Å². The van der Waals surface area contributed by atoms with E-state index in [1.807, 2.05) is 18.2 Å². The van der Waals surface area contributed by atoms with Gasteiger partial charge in [0.05, 0.1) is 0 Å². The van der Waals surface area contributed by atoms with Crippen molar-refractivity contribution in [2.45, 2.75) is 19.6 Å². The van der Waals surface area contributed by atoms with E-state index >= 15 is 0 Å². The maximum Gasteiger partial charge on any atom is 0.170 e. The number of hydrogen-bond donors (Lipinski definition) is 2. The molecule has 4 nitrogen and oxygen atoms in total. The van der Waals surface area contributed by atoms with Gasteiger partial charge in [-0.15, -0.1) is 0 Å². The lowest BCUT2D eigenvalue weighted by Crippen LogP contribution is -2.17. The van der Waals surface area contributed by atoms with Crippen LogP contribution in [-0.2, 0) is 19.6 Å². The Morgan fingerprint density at radius 3 is 2.45 bits per heavy atom. The van der Waals surface area contributed by atoms with Crippen molar-refractivity contribution in [3.63, 3.8) is 0 Å². The molecule has 0 fully saturated rings. The first-order valence-electron chi connectivity index (χ1n) is 6.62. The molecule has 0 aliphatic carbocycles. The smallest absolute Gasteiger partial charge is 0.170 e. The van der Waals surface area contributed by atoms with Crippen LogP contribution in [0.25, 0.3) is 0 Å². The van der Waals surface area contributed by atoms with Crippen molar-refractivity contribution in [3.8, 4) is 0 Å². The summed E-state index contributed by atoms with van der Waals surface area (Å²) in [6.07, 6.45) is 0. The Bertz CT molecular complexity index is 627. The van der Waals surface area contributed by atoms with Gasteiger partial charge in [-0.2, -0.15) is 0 Å². The minimum absolute atomic E-state index is 0.150. The Balaban J connectivity index is 1.74. The summed E-state index contributed by atoms with van der Waals surface area (Å²) < 4.78 is 0. The van der Waals surface area contributed by atoms with Crippen LogP contribution in [0.15, 0.2) is 53.7 Å². The summed E-state index contributed by atoms with van der Waals surface area (Å²) in [6.45, 7) is 2.81. The highest BCUT2D eigenvalue weighted by Crippen LogP contribution is 2.24. The molecule has 0 spiro atoms. The van der Waals surface area contributed by atoms with E-state index in [1.54, 1.807) is 0 Å². The van der Waals surface area contributed by atoms with Crippen LogP contribution in [0.4, 0.5) is 0 Å². The van der Waals surface area contributed by atoms with Crippen molar-refractivity contribution in [2.24, 2.45) is 10.9 Å². The zero-order valence-corrected chi connectivity index (χ0v) is 11.2. The molecular formula is C16H17N3O. The van der Waals surface area contributed by atoms with Crippen LogP contribution in [0.5, 0.6) is 0 Å². The molecule has 0 saturated heterocycles. The van der Waals surface area contributed by atoms with Gasteiger partial charge in [-0.05, 0) is 22.8 Å². The molecule has 0 amide bonds. The predicted molar refractivity (Wildman–Crippen MR) is 78.3 cm³/mol. The molecule has 4 heteroatoms. The van der Waals surface area contributed by atoms with Crippen LogP contribution in [0.1, 0.15) is 22.3 Å². The SMILES string of the molecule is NC(=NO)c1cccc(CN2Cc3ccccc3C2)c1. The van der Waals surface area contributed by atoms with Crippen LogP contribution >= 0.6 is 0 Å². The van der Waals surface area contributed by atoms with Crippen molar-refractivity contribution in [1.82, 2.24) is 4.90 Å².